The highest BCUT2D eigenvalue weighted by Crippen LogP contribution is 2.25. The SMILES string of the molecule is Cc1ccc(CC(=O)N(CCCO)C2CCC2)cc1C. The highest BCUT2D eigenvalue weighted by Gasteiger charge is 2.28. The van der Waals surface area contributed by atoms with Gasteiger partial charge in [0.2, 0.25) is 5.91 Å². The van der Waals surface area contributed by atoms with Gasteiger partial charge in [-0.2, -0.15) is 0 Å². The Labute approximate surface area is 121 Å². The van der Waals surface area contributed by atoms with Gasteiger partial charge in [-0.15, -0.1) is 0 Å². The molecule has 1 aliphatic carbocycles. The lowest BCUT2D eigenvalue weighted by Gasteiger charge is -2.37. The van der Waals surface area contributed by atoms with Crippen molar-refractivity contribution in [3.63, 3.8) is 0 Å². The summed E-state index contributed by atoms with van der Waals surface area (Å²) in [6, 6.07) is 6.64. The molecule has 0 unspecified atom stereocenters. The van der Waals surface area contributed by atoms with Gasteiger partial charge in [-0.05, 0) is 56.2 Å². The number of carbonyl (C=O) groups is 1. The first-order valence-corrected chi connectivity index (χ1v) is 7.58. The fraction of sp³-hybridized carbons (Fsp3) is 0.588. The van der Waals surface area contributed by atoms with Crippen molar-refractivity contribution in [1.82, 2.24) is 4.90 Å². The van der Waals surface area contributed by atoms with Gasteiger partial charge in [0.05, 0.1) is 6.42 Å². The Balaban J connectivity index is 2.01. The summed E-state index contributed by atoms with van der Waals surface area (Å²) in [6.07, 6.45) is 4.60. The summed E-state index contributed by atoms with van der Waals surface area (Å²) in [5.41, 5.74) is 3.59. The zero-order valence-electron chi connectivity index (χ0n) is 12.6. The summed E-state index contributed by atoms with van der Waals surface area (Å²) < 4.78 is 0. The van der Waals surface area contributed by atoms with E-state index < -0.39 is 0 Å². The van der Waals surface area contributed by atoms with Crippen LogP contribution in [0.15, 0.2) is 18.2 Å². The maximum absolute atomic E-state index is 12.5. The number of carbonyl (C=O) groups excluding carboxylic acids is 1. The van der Waals surface area contributed by atoms with Crippen molar-refractivity contribution in [2.75, 3.05) is 13.2 Å². The summed E-state index contributed by atoms with van der Waals surface area (Å²) in [6.45, 7) is 5.01. The van der Waals surface area contributed by atoms with Gasteiger partial charge in [-0.3, -0.25) is 4.79 Å². The van der Waals surface area contributed by atoms with Gasteiger partial charge < -0.3 is 10.0 Å². The molecule has 1 saturated carbocycles. The number of hydrogen-bond donors (Lipinski definition) is 1. The molecule has 0 bridgehead atoms. The molecule has 0 saturated heterocycles. The van der Waals surface area contributed by atoms with Crippen LogP contribution < -0.4 is 0 Å². The Morgan fingerprint density at radius 2 is 2.05 bits per heavy atom. The highest BCUT2D eigenvalue weighted by molar-refractivity contribution is 5.79. The molecule has 1 fully saturated rings. The van der Waals surface area contributed by atoms with E-state index in [1.807, 2.05) is 11.0 Å². The maximum atomic E-state index is 12.5. The lowest BCUT2D eigenvalue weighted by Crippen LogP contribution is -2.45. The molecule has 0 aliphatic heterocycles. The maximum Gasteiger partial charge on any atom is 0.227 e. The van der Waals surface area contributed by atoms with Gasteiger partial charge >= 0.3 is 0 Å². The van der Waals surface area contributed by atoms with Crippen LogP contribution in [0.4, 0.5) is 0 Å². The molecule has 3 nitrogen and oxygen atoms in total. The van der Waals surface area contributed by atoms with Gasteiger partial charge in [0.1, 0.15) is 0 Å². The van der Waals surface area contributed by atoms with Crippen LogP contribution in [0.1, 0.15) is 42.4 Å². The van der Waals surface area contributed by atoms with Crippen molar-refractivity contribution in [3.8, 4) is 0 Å². The molecule has 1 N–H and O–H groups in total. The first kappa shape index (κ1) is 15.0. The lowest BCUT2D eigenvalue weighted by molar-refractivity contribution is -0.134. The van der Waals surface area contributed by atoms with E-state index in [0.29, 0.717) is 25.4 Å². The second-order valence-corrected chi connectivity index (χ2v) is 5.84. The van der Waals surface area contributed by atoms with E-state index >= 15 is 0 Å². The fourth-order valence-electron chi connectivity index (χ4n) is 2.64. The molecule has 1 aliphatic rings. The van der Waals surface area contributed by atoms with Crippen molar-refractivity contribution in [2.45, 2.75) is 52.0 Å². The van der Waals surface area contributed by atoms with Crippen LogP contribution in [0.5, 0.6) is 0 Å². The van der Waals surface area contributed by atoms with E-state index in [9.17, 15) is 4.79 Å². The molecule has 0 aromatic heterocycles. The van der Waals surface area contributed by atoms with E-state index in [4.69, 9.17) is 5.11 Å². The zero-order valence-corrected chi connectivity index (χ0v) is 12.6. The lowest BCUT2D eigenvalue weighted by atomic mass is 9.90. The number of rotatable bonds is 6. The molecule has 0 radical (unpaired) electrons. The molecule has 0 spiro atoms. The average Bonchev–Trinajstić information content (AvgIpc) is 2.36. The molecular formula is C17H25NO2. The Morgan fingerprint density at radius 3 is 2.60 bits per heavy atom. The zero-order chi connectivity index (χ0) is 14.5. The summed E-state index contributed by atoms with van der Waals surface area (Å²) in [5.74, 6) is 0.200. The smallest absolute Gasteiger partial charge is 0.227 e. The van der Waals surface area contributed by atoms with Crippen LogP contribution in [0, 0.1) is 13.8 Å². The minimum absolute atomic E-state index is 0.153. The van der Waals surface area contributed by atoms with E-state index in [2.05, 4.69) is 26.0 Å². The second kappa shape index (κ2) is 6.89. The van der Waals surface area contributed by atoms with Gasteiger partial charge in [0, 0.05) is 19.2 Å². The van der Waals surface area contributed by atoms with E-state index in [1.165, 1.54) is 17.5 Å². The van der Waals surface area contributed by atoms with Crippen LogP contribution in [-0.2, 0) is 11.2 Å². The Hall–Kier alpha value is -1.35. The Kier molecular flexibility index (Phi) is 5.18. The van der Waals surface area contributed by atoms with E-state index in [-0.39, 0.29) is 12.5 Å². The summed E-state index contributed by atoms with van der Waals surface area (Å²) in [7, 11) is 0. The number of nitrogens with zero attached hydrogens (tertiary/aromatic N) is 1. The number of benzene rings is 1. The third-order valence-corrected chi connectivity index (χ3v) is 4.32. The van der Waals surface area contributed by atoms with Gasteiger partial charge in [-0.25, -0.2) is 0 Å². The molecule has 1 amide bonds. The van der Waals surface area contributed by atoms with Crippen LogP contribution in [0.2, 0.25) is 0 Å². The minimum atomic E-state index is 0.153. The highest BCUT2D eigenvalue weighted by atomic mass is 16.3. The monoisotopic (exact) mass is 275 g/mol. The molecule has 1 aromatic rings. The van der Waals surface area contributed by atoms with Crippen molar-refractivity contribution in [1.29, 1.82) is 0 Å². The second-order valence-electron chi connectivity index (χ2n) is 5.84. The predicted octanol–water partition coefficient (Wildman–Crippen LogP) is 2.61. The van der Waals surface area contributed by atoms with Crippen molar-refractivity contribution in [3.05, 3.63) is 34.9 Å². The molecule has 2 rings (SSSR count). The third-order valence-electron chi connectivity index (χ3n) is 4.32. The first-order chi connectivity index (χ1) is 9.61. The largest absolute Gasteiger partial charge is 0.396 e. The molecule has 1 aromatic carbocycles. The predicted molar refractivity (Wildman–Crippen MR) is 80.7 cm³/mol. The van der Waals surface area contributed by atoms with Gasteiger partial charge in [-0.1, -0.05) is 18.2 Å². The number of amides is 1. The van der Waals surface area contributed by atoms with Crippen LogP contribution >= 0.6 is 0 Å². The topological polar surface area (TPSA) is 40.5 Å². The molecule has 3 heteroatoms. The number of aryl methyl sites for hydroxylation is 2. The number of aliphatic hydroxyl groups is 1. The minimum Gasteiger partial charge on any atom is -0.396 e. The first-order valence-electron chi connectivity index (χ1n) is 7.58. The average molecular weight is 275 g/mol. The van der Waals surface area contributed by atoms with Crippen molar-refractivity contribution >= 4 is 5.91 Å². The fourth-order valence-corrected chi connectivity index (χ4v) is 2.64. The van der Waals surface area contributed by atoms with Crippen LogP contribution in [0.25, 0.3) is 0 Å². The van der Waals surface area contributed by atoms with Crippen molar-refractivity contribution in [2.24, 2.45) is 0 Å². The van der Waals surface area contributed by atoms with E-state index in [1.54, 1.807) is 0 Å². The summed E-state index contributed by atoms with van der Waals surface area (Å²) in [5, 5.41) is 8.99. The number of aliphatic hydroxyl groups excluding tert-OH is 1. The van der Waals surface area contributed by atoms with Crippen LogP contribution in [0.3, 0.4) is 0 Å². The molecule has 20 heavy (non-hydrogen) atoms. The Bertz CT molecular complexity index is 466. The standard InChI is InChI=1S/C17H25NO2/c1-13-7-8-15(11-14(13)2)12-17(20)18(9-4-10-19)16-5-3-6-16/h7-8,11,16,19H,3-6,9-10,12H2,1-2H3. The van der Waals surface area contributed by atoms with Gasteiger partial charge in [0.25, 0.3) is 0 Å². The molecule has 110 valence electrons. The molecular weight excluding hydrogens is 250 g/mol. The van der Waals surface area contributed by atoms with Crippen molar-refractivity contribution < 1.29 is 9.90 Å². The Morgan fingerprint density at radius 1 is 1.30 bits per heavy atom. The molecule has 0 atom stereocenters. The molecule has 0 heterocycles. The third kappa shape index (κ3) is 3.60. The van der Waals surface area contributed by atoms with Crippen LogP contribution in [-0.4, -0.2) is 35.1 Å². The normalized spacial score (nSPS) is 14.9. The summed E-state index contributed by atoms with van der Waals surface area (Å²) >= 11 is 0. The van der Waals surface area contributed by atoms with Gasteiger partial charge in [0.15, 0.2) is 0 Å². The quantitative estimate of drug-likeness (QED) is 0.867. The number of hydrogen-bond acceptors (Lipinski definition) is 2. The van der Waals surface area contributed by atoms with E-state index in [0.717, 1.165) is 18.4 Å². The summed E-state index contributed by atoms with van der Waals surface area (Å²) in [4.78, 5) is 14.5.